The van der Waals surface area contributed by atoms with Crippen LogP contribution in [0, 0.1) is 0 Å². The molecule has 4 nitrogen and oxygen atoms in total. The molecule has 1 heterocycles. The number of halogens is 4. The van der Waals surface area contributed by atoms with E-state index in [-0.39, 0.29) is 17.6 Å². The zero-order valence-electron chi connectivity index (χ0n) is 10.9. The number of fused-ring (bicyclic) bond motifs is 1. The Labute approximate surface area is 126 Å². The van der Waals surface area contributed by atoms with Crippen LogP contribution in [-0.4, -0.2) is 23.7 Å². The second kappa shape index (κ2) is 5.34. The fourth-order valence-electron chi connectivity index (χ4n) is 2.04. The summed E-state index contributed by atoms with van der Waals surface area (Å²) in [6.45, 7) is 1.22. The van der Waals surface area contributed by atoms with Gasteiger partial charge in [0.25, 0.3) is 0 Å². The van der Waals surface area contributed by atoms with Crippen molar-refractivity contribution in [3.63, 3.8) is 0 Å². The van der Waals surface area contributed by atoms with Crippen LogP contribution in [0.2, 0.25) is 0 Å². The summed E-state index contributed by atoms with van der Waals surface area (Å²) in [6, 6.07) is 4.72. The van der Waals surface area contributed by atoms with Crippen molar-refractivity contribution in [2.24, 2.45) is 5.73 Å². The molecule has 1 aromatic carbocycles. The Morgan fingerprint density at radius 3 is 2.67 bits per heavy atom. The molecule has 1 aromatic heterocycles. The summed E-state index contributed by atoms with van der Waals surface area (Å²) < 4.78 is 45.4. The zero-order valence-corrected chi connectivity index (χ0v) is 12.5. The number of aromatic amines is 1. The number of alkyl halides is 3. The van der Waals surface area contributed by atoms with Crippen LogP contribution in [0.4, 0.5) is 13.2 Å². The van der Waals surface area contributed by atoms with Crippen LogP contribution >= 0.6 is 15.9 Å². The number of esters is 1. The lowest BCUT2D eigenvalue weighted by Crippen LogP contribution is -2.57. The molecule has 0 aliphatic rings. The van der Waals surface area contributed by atoms with Crippen molar-refractivity contribution in [1.82, 2.24) is 4.98 Å². The summed E-state index contributed by atoms with van der Waals surface area (Å²) in [6.07, 6.45) is -3.90. The number of hydrogen-bond donors (Lipinski definition) is 2. The third-order valence-electron chi connectivity index (χ3n) is 3.11. The number of aromatic nitrogens is 1. The molecule has 8 heteroatoms. The SMILES string of the molecule is CCOC(=O)[C@@](N)(c1c[nH]c2ccc(Br)cc12)C(F)(F)F. The molecule has 0 aliphatic carbocycles. The fourth-order valence-corrected chi connectivity index (χ4v) is 2.40. The maximum atomic E-state index is 13.4. The highest BCUT2D eigenvalue weighted by atomic mass is 79.9. The standard InChI is InChI=1S/C13H12BrF3N2O2/c1-2-21-11(20)12(18,13(15,16)17)9-6-19-10-4-3-7(14)5-8(9)10/h3-6,19H,2,18H2,1H3/t12-/m0/s1. The largest absolute Gasteiger partial charge is 0.464 e. The van der Waals surface area contributed by atoms with Crippen molar-refractivity contribution in [3.8, 4) is 0 Å². The van der Waals surface area contributed by atoms with Crippen molar-refractivity contribution in [1.29, 1.82) is 0 Å². The zero-order chi connectivity index (χ0) is 15.8. The molecule has 0 radical (unpaired) electrons. The van der Waals surface area contributed by atoms with Crippen molar-refractivity contribution < 1.29 is 22.7 Å². The number of rotatable bonds is 3. The Hall–Kier alpha value is -1.54. The Morgan fingerprint density at radius 1 is 1.43 bits per heavy atom. The van der Waals surface area contributed by atoms with E-state index >= 15 is 0 Å². The van der Waals surface area contributed by atoms with Gasteiger partial charge in [-0.1, -0.05) is 15.9 Å². The molecule has 0 spiro atoms. The van der Waals surface area contributed by atoms with Gasteiger partial charge in [-0.2, -0.15) is 13.2 Å². The Kier molecular flexibility index (Phi) is 4.03. The lowest BCUT2D eigenvalue weighted by molar-refractivity contribution is -0.208. The van der Waals surface area contributed by atoms with Gasteiger partial charge in [-0.3, -0.25) is 0 Å². The van der Waals surface area contributed by atoms with Gasteiger partial charge in [0.1, 0.15) is 0 Å². The molecular weight excluding hydrogens is 353 g/mol. The average molecular weight is 365 g/mol. The molecule has 0 fully saturated rings. The topological polar surface area (TPSA) is 68.1 Å². The van der Waals surface area contributed by atoms with E-state index in [9.17, 15) is 18.0 Å². The predicted molar refractivity (Wildman–Crippen MR) is 74.6 cm³/mol. The van der Waals surface area contributed by atoms with Crippen molar-refractivity contribution >= 4 is 32.8 Å². The first-order chi connectivity index (χ1) is 9.71. The van der Waals surface area contributed by atoms with Crippen LogP contribution in [0.5, 0.6) is 0 Å². The highest BCUT2D eigenvalue weighted by Crippen LogP contribution is 2.41. The lowest BCUT2D eigenvalue weighted by Gasteiger charge is -2.29. The first kappa shape index (κ1) is 15.8. The van der Waals surface area contributed by atoms with Crippen LogP contribution in [0.3, 0.4) is 0 Å². The molecule has 21 heavy (non-hydrogen) atoms. The van der Waals surface area contributed by atoms with E-state index in [1.165, 1.54) is 13.0 Å². The average Bonchev–Trinajstić information content (AvgIpc) is 2.79. The summed E-state index contributed by atoms with van der Waals surface area (Å²) in [4.78, 5) is 14.5. The van der Waals surface area contributed by atoms with E-state index in [1.807, 2.05) is 0 Å². The Morgan fingerprint density at radius 2 is 2.10 bits per heavy atom. The maximum Gasteiger partial charge on any atom is 0.421 e. The first-order valence-corrected chi connectivity index (χ1v) is 6.81. The maximum absolute atomic E-state index is 13.4. The minimum absolute atomic E-state index is 0.195. The van der Waals surface area contributed by atoms with Gasteiger partial charge in [-0.05, 0) is 25.1 Å². The molecule has 2 rings (SSSR count). The molecule has 0 bridgehead atoms. The summed E-state index contributed by atoms with van der Waals surface area (Å²) in [7, 11) is 0. The smallest absolute Gasteiger partial charge is 0.421 e. The minimum Gasteiger partial charge on any atom is -0.464 e. The van der Waals surface area contributed by atoms with Gasteiger partial charge >= 0.3 is 12.1 Å². The number of benzene rings is 1. The third-order valence-corrected chi connectivity index (χ3v) is 3.61. The monoisotopic (exact) mass is 364 g/mol. The van der Waals surface area contributed by atoms with E-state index < -0.39 is 17.7 Å². The highest BCUT2D eigenvalue weighted by molar-refractivity contribution is 9.10. The molecule has 3 N–H and O–H groups in total. The van der Waals surface area contributed by atoms with Crippen molar-refractivity contribution in [2.75, 3.05) is 6.61 Å². The molecule has 0 saturated heterocycles. The van der Waals surface area contributed by atoms with Gasteiger partial charge in [-0.25, -0.2) is 4.79 Å². The van der Waals surface area contributed by atoms with Gasteiger partial charge in [0.05, 0.1) is 6.61 Å². The van der Waals surface area contributed by atoms with Gasteiger partial charge < -0.3 is 15.5 Å². The predicted octanol–water partition coefficient (Wildman–Crippen LogP) is 3.21. The molecule has 114 valence electrons. The van der Waals surface area contributed by atoms with Gasteiger partial charge in [0, 0.05) is 27.1 Å². The second-order valence-corrected chi connectivity index (χ2v) is 5.33. The van der Waals surface area contributed by atoms with Crippen molar-refractivity contribution in [3.05, 3.63) is 34.4 Å². The fraction of sp³-hybridized carbons (Fsp3) is 0.308. The van der Waals surface area contributed by atoms with Gasteiger partial charge in [0.15, 0.2) is 0 Å². The molecular formula is C13H12BrF3N2O2. The highest BCUT2D eigenvalue weighted by Gasteiger charge is 2.61. The third kappa shape index (κ3) is 2.53. The molecule has 1 atom stereocenters. The number of hydrogen-bond acceptors (Lipinski definition) is 3. The van der Waals surface area contributed by atoms with Crippen LogP contribution < -0.4 is 5.73 Å². The quantitative estimate of drug-likeness (QED) is 0.821. The minimum atomic E-state index is -4.99. The molecule has 0 unspecified atom stereocenters. The molecule has 0 saturated carbocycles. The molecule has 0 amide bonds. The molecule has 0 aliphatic heterocycles. The van der Waals surface area contributed by atoms with Crippen LogP contribution in [0.15, 0.2) is 28.9 Å². The van der Waals surface area contributed by atoms with Crippen LogP contribution in [0.25, 0.3) is 10.9 Å². The Balaban J connectivity index is 2.70. The first-order valence-electron chi connectivity index (χ1n) is 6.01. The number of carbonyl (C=O) groups is 1. The number of ether oxygens (including phenoxy) is 1. The number of H-pyrrole nitrogens is 1. The number of nitrogens with two attached hydrogens (primary N) is 1. The lowest BCUT2D eigenvalue weighted by atomic mass is 9.90. The van der Waals surface area contributed by atoms with Gasteiger partial charge in [0.2, 0.25) is 5.54 Å². The summed E-state index contributed by atoms with van der Waals surface area (Å²) in [5, 5.41) is 0.206. The van der Waals surface area contributed by atoms with E-state index in [2.05, 4.69) is 25.7 Å². The summed E-state index contributed by atoms with van der Waals surface area (Å²) >= 11 is 3.18. The number of nitrogens with one attached hydrogen (secondary N) is 1. The van der Waals surface area contributed by atoms with E-state index in [0.29, 0.717) is 9.99 Å². The van der Waals surface area contributed by atoms with E-state index in [4.69, 9.17) is 5.73 Å². The molecule has 2 aromatic rings. The summed E-state index contributed by atoms with van der Waals surface area (Å²) in [5.74, 6) is -1.53. The van der Waals surface area contributed by atoms with Gasteiger partial charge in [-0.15, -0.1) is 0 Å². The van der Waals surface area contributed by atoms with Crippen molar-refractivity contribution in [2.45, 2.75) is 18.6 Å². The van der Waals surface area contributed by atoms with E-state index in [1.54, 1.807) is 12.1 Å². The summed E-state index contributed by atoms with van der Waals surface area (Å²) in [5.41, 5.74) is 2.30. The van der Waals surface area contributed by atoms with E-state index in [0.717, 1.165) is 6.20 Å². The normalized spacial score (nSPS) is 15.0. The number of carbonyl (C=O) groups excluding carboxylic acids is 1. The van der Waals surface area contributed by atoms with Crippen LogP contribution in [0.1, 0.15) is 12.5 Å². The second-order valence-electron chi connectivity index (χ2n) is 4.42. The van der Waals surface area contributed by atoms with Crippen LogP contribution in [-0.2, 0) is 15.1 Å². The Bertz CT molecular complexity index is 684.